The fourth-order valence-corrected chi connectivity index (χ4v) is 2.68. The average molecular weight is 331 g/mol. The molecule has 0 aliphatic carbocycles. The highest BCUT2D eigenvalue weighted by atomic mass is 19.4. The van der Waals surface area contributed by atoms with Gasteiger partial charge in [-0.25, -0.2) is 0 Å². The molecule has 4 nitrogen and oxygen atoms in total. The number of amides is 1. The summed E-state index contributed by atoms with van der Waals surface area (Å²) in [6.45, 7) is 0.233. The van der Waals surface area contributed by atoms with E-state index < -0.39 is 36.3 Å². The van der Waals surface area contributed by atoms with E-state index in [-0.39, 0.29) is 13.0 Å². The van der Waals surface area contributed by atoms with Gasteiger partial charge in [0.25, 0.3) is 5.91 Å². The molecular weight excluding hydrogens is 311 g/mol. The van der Waals surface area contributed by atoms with E-state index in [0.29, 0.717) is 6.42 Å². The van der Waals surface area contributed by atoms with Gasteiger partial charge in [0.05, 0.1) is 6.54 Å². The Morgan fingerprint density at radius 3 is 2.43 bits per heavy atom. The van der Waals surface area contributed by atoms with Crippen molar-refractivity contribution in [1.82, 2.24) is 4.90 Å². The van der Waals surface area contributed by atoms with Gasteiger partial charge in [0.2, 0.25) is 0 Å². The van der Waals surface area contributed by atoms with Crippen molar-refractivity contribution < 1.29 is 28.2 Å². The molecule has 1 aromatic rings. The highest BCUT2D eigenvalue weighted by Gasteiger charge is 2.58. The third-order valence-electron chi connectivity index (χ3n) is 4.27. The van der Waals surface area contributed by atoms with Gasteiger partial charge in [-0.05, 0) is 25.3 Å². The van der Waals surface area contributed by atoms with Crippen LogP contribution in [0.15, 0.2) is 30.3 Å². The van der Waals surface area contributed by atoms with Gasteiger partial charge in [-0.15, -0.1) is 0 Å². The molecule has 1 aliphatic rings. The molecule has 23 heavy (non-hydrogen) atoms. The summed E-state index contributed by atoms with van der Waals surface area (Å²) < 4.78 is 38.4. The molecule has 0 saturated carbocycles. The van der Waals surface area contributed by atoms with Crippen LogP contribution in [0.25, 0.3) is 0 Å². The van der Waals surface area contributed by atoms with Crippen LogP contribution in [-0.2, 0) is 11.2 Å². The fraction of sp³-hybridized carbons (Fsp3) is 0.562. The number of hydrogen-bond donors (Lipinski definition) is 2. The summed E-state index contributed by atoms with van der Waals surface area (Å²) in [7, 11) is 0. The molecule has 2 rings (SSSR count). The zero-order valence-electron chi connectivity index (χ0n) is 12.8. The van der Waals surface area contributed by atoms with Crippen molar-refractivity contribution in [3.63, 3.8) is 0 Å². The maximum atomic E-state index is 12.8. The number of benzene rings is 1. The van der Waals surface area contributed by atoms with Crippen molar-refractivity contribution in [3.8, 4) is 0 Å². The second-order valence-electron chi connectivity index (χ2n) is 6.27. The normalized spacial score (nSPS) is 24.5. The van der Waals surface area contributed by atoms with E-state index in [1.165, 1.54) is 6.92 Å². The van der Waals surface area contributed by atoms with Gasteiger partial charge in [-0.1, -0.05) is 30.3 Å². The Labute approximate surface area is 132 Å². The Morgan fingerprint density at radius 1 is 1.30 bits per heavy atom. The molecule has 2 atom stereocenters. The van der Waals surface area contributed by atoms with Gasteiger partial charge >= 0.3 is 6.18 Å². The second-order valence-corrected chi connectivity index (χ2v) is 6.27. The largest absolute Gasteiger partial charge is 0.419 e. The van der Waals surface area contributed by atoms with Crippen molar-refractivity contribution in [3.05, 3.63) is 35.9 Å². The molecule has 1 fully saturated rings. The predicted molar refractivity (Wildman–Crippen MR) is 77.6 cm³/mol. The highest BCUT2D eigenvalue weighted by molar-refractivity contribution is 5.85. The molecule has 1 aliphatic heterocycles. The summed E-state index contributed by atoms with van der Waals surface area (Å²) in [4.78, 5) is 13.2. The van der Waals surface area contributed by atoms with Gasteiger partial charge < -0.3 is 15.1 Å². The minimum absolute atomic E-state index is 0.0940. The third-order valence-corrected chi connectivity index (χ3v) is 4.27. The van der Waals surface area contributed by atoms with Crippen LogP contribution < -0.4 is 0 Å². The molecule has 128 valence electrons. The number of aliphatic hydroxyl groups is 2. The molecule has 7 heteroatoms. The number of rotatable bonds is 4. The van der Waals surface area contributed by atoms with E-state index >= 15 is 0 Å². The lowest BCUT2D eigenvalue weighted by Crippen LogP contribution is -2.51. The van der Waals surface area contributed by atoms with Gasteiger partial charge in [-0.2, -0.15) is 13.2 Å². The number of carbonyl (C=O) groups is 1. The predicted octanol–water partition coefficient (Wildman–Crippen LogP) is 1.90. The number of likely N-dealkylation sites (tertiary alicyclic amines) is 1. The van der Waals surface area contributed by atoms with Crippen molar-refractivity contribution in [2.45, 2.75) is 43.6 Å². The van der Waals surface area contributed by atoms with E-state index in [0.717, 1.165) is 10.5 Å². The topological polar surface area (TPSA) is 60.8 Å². The fourth-order valence-electron chi connectivity index (χ4n) is 2.68. The maximum Gasteiger partial charge on any atom is 0.419 e. The van der Waals surface area contributed by atoms with Gasteiger partial charge in [0.1, 0.15) is 5.60 Å². The smallest absolute Gasteiger partial charge is 0.380 e. The standard InChI is InChI=1S/C16H20F3NO3/c1-14(22,8-7-12-5-3-2-4-6-12)13(21)20-10-9-15(23,11-20)16(17,18)19/h2-6,22-23H,7-11H2,1H3/t14-,15-/m0/s1. The quantitative estimate of drug-likeness (QED) is 0.886. The lowest BCUT2D eigenvalue weighted by atomic mass is 9.95. The first kappa shape index (κ1) is 17.7. The summed E-state index contributed by atoms with van der Waals surface area (Å²) in [5.74, 6) is -0.784. The van der Waals surface area contributed by atoms with Crippen molar-refractivity contribution in [2.24, 2.45) is 0 Å². The number of halogens is 3. The lowest BCUT2D eigenvalue weighted by molar-refractivity contribution is -0.253. The molecular formula is C16H20F3NO3. The molecule has 2 N–H and O–H groups in total. The molecule has 1 saturated heterocycles. The number of nitrogens with zero attached hydrogens (tertiary/aromatic N) is 1. The Morgan fingerprint density at radius 2 is 1.91 bits per heavy atom. The van der Waals surface area contributed by atoms with Crippen molar-refractivity contribution in [1.29, 1.82) is 0 Å². The highest BCUT2D eigenvalue weighted by Crippen LogP contribution is 2.38. The minimum Gasteiger partial charge on any atom is -0.380 e. The Hall–Kier alpha value is -1.60. The Bertz CT molecular complexity index is 559. The Balaban J connectivity index is 1.99. The van der Waals surface area contributed by atoms with Crippen LogP contribution in [0.5, 0.6) is 0 Å². The summed E-state index contributed by atoms with van der Waals surface area (Å²) in [5, 5.41) is 19.9. The van der Waals surface area contributed by atoms with E-state index in [2.05, 4.69) is 0 Å². The number of aryl methyl sites for hydroxylation is 1. The lowest BCUT2D eigenvalue weighted by Gasteiger charge is -2.30. The summed E-state index contributed by atoms with van der Waals surface area (Å²) in [5.41, 5.74) is -3.74. The van der Waals surface area contributed by atoms with E-state index in [4.69, 9.17) is 0 Å². The van der Waals surface area contributed by atoms with Crippen LogP contribution in [0.1, 0.15) is 25.3 Å². The molecule has 0 aromatic heterocycles. The van der Waals surface area contributed by atoms with Gasteiger partial charge in [0, 0.05) is 13.0 Å². The zero-order chi connectivity index (χ0) is 17.3. The number of carbonyl (C=O) groups excluding carboxylic acids is 1. The van der Waals surface area contributed by atoms with Crippen LogP contribution >= 0.6 is 0 Å². The van der Waals surface area contributed by atoms with Crippen molar-refractivity contribution in [2.75, 3.05) is 13.1 Å². The molecule has 0 bridgehead atoms. The summed E-state index contributed by atoms with van der Waals surface area (Å²) >= 11 is 0. The molecule has 1 heterocycles. The maximum absolute atomic E-state index is 12.8. The Kier molecular flexibility index (Phi) is 4.73. The van der Waals surface area contributed by atoms with Crippen LogP contribution in [0.3, 0.4) is 0 Å². The SMILES string of the molecule is C[C@](O)(CCc1ccccc1)C(=O)N1CC[C@@](O)(C(F)(F)F)C1. The number of alkyl halides is 3. The number of hydrogen-bond acceptors (Lipinski definition) is 3. The summed E-state index contributed by atoms with van der Waals surface area (Å²) in [6.07, 6.45) is -4.84. The first-order chi connectivity index (χ1) is 10.6. The van der Waals surface area contributed by atoms with E-state index in [1.807, 2.05) is 30.3 Å². The van der Waals surface area contributed by atoms with Crippen molar-refractivity contribution >= 4 is 5.91 Å². The first-order valence-corrected chi connectivity index (χ1v) is 7.40. The molecule has 1 aromatic carbocycles. The van der Waals surface area contributed by atoms with E-state index in [9.17, 15) is 28.2 Å². The van der Waals surface area contributed by atoms with Crippen LogP contribution in [0.2, 0.25) is 0 Å². The van der Waals surface area contributed by atoms with Crippen LogP contribution in [-0.4, -0.2) is 51.5 Å². The van der Waals surface area contributed by atoms with Crippen LogP contribution in [0.4, 0.5) is 13.2 Å². The first-order valence-electron chi connectivity index (χ1n) is 7.40. The zero-order valence-corrected chi connectivity index (χ0v) is 12.8. The van der Waals surface area contributed by atoms with Crippen LogP contribution in [0, 0.1) is 0 Å². The molecule has 0 radical (unpaired) electrons. The molecule has 0 unspecified atom stereocenters. The minimum atomic E-state index is -4.79. The third kappa shape index (κ3) is 3.84. The number of β-amino-alcohol motifs (C(OH)–C–C–N with tert-alkyl or cyclic N) is 1. The second kappa shape index (κ2) is 6.13. The van der Waals surface area contributed by atoms with Gasteiger partial charge in [0.15, 0.2) is 5.60 Å². The molecule has 0 spiro atoms. The monoisotopic (exact) mass is 331 g/mol. The van der Waals surface area contributed by atoms with Gasteiger partial charge in [-0.3, -0.25) is 4.79 Å². The average Bonchev–Trinajstić information content (AvgIpc) is 2.89. The van der Waals surface area contributed by atoms with E-state index in [1.54, 1.807) is 0 Å². The summed E-state index contributed by atoms with van der Waals surface area (Å²) in [6, 6.07) is 9.19. The molecule has 1 amide bonds.